The van der Waals surface area contributed by atoms with Crippen molar-refractivity contribution in [1.29, 1.82) is 0 Å². The van der Waals surface area contributed by atoms with Crippen LogP contribution >= 0.6 is 34.3 Å². The highest BCUT2D eigenvalue weighted by molar-refractivity contribution is 7.21. The van der Waals surface area contributed by atoms with Crippen LogP contribution in [0.5, 0.6) is 0 Å². The molecule has 1 amide bonds. The minimum absolute atomic E-state index is 0.226. The maximum absolute atomic E-state index is 13.1. The lowest BCUT2D eigenvalue weighted by Crippen LogP contribution is -2.13. The Morgan fingerprint density at radius 1 is 1.20 bits per heavy atom. The van der Waals surface area contributed by atoms with E-state index in [9.17, 15) is 4.79 Å². The molecule has 5 rings (SSSR count). The second kappa shape index (κ2) is 7.69. The zero-order chi connectivity index (χ0) is 20.8. The van der Waals surface area contributed by atoms with Crippen LogP contribution in [0.1, 0.15) is 39.3 Å². The molecule has 4 aromatic rings. The molecule has 0 fully saturated rings. The van der Waals surface area contributed by atoms with E-state index in [0.717, 1.165) is 52.7 Å². The fraction of sp³-hybridized carbons (Fsp3) is 0.217. The van der Waals surface area contributed by atoms with Crippen LogP contribution in [0.25, 0.3) is 20.7 Å². The van der Waals surface area contributed by atoms with Gasteiger partial charge in [-0.3, -0.25) is 4.79 Å². The first kappa shape index (κ1) is 19.5. The van der Waals surface area contributed by atoms with Crippen molar-refractivity contribution in [3.8, 4) is 10.4 Å². The van der Waals surface area contributed by atoms with Gasteiger partial charge in [0.2, 0.25) is 0 Å². The molecule has 0 spiro atoms. The molecule has 0 saturated heterocycles. The van der Waals surface area contributed by atoms with Crippen LogP contribution in [0.3, 0.4) is 0 Å². The topological polar surface area (TPSA) is 68.0 Å². The predicted molar refractivity (Wildman–Crippen MR) is 128 cm³/mol. The van der Waals surface area contributed by atoms with Gasteiger partial charge in [-0.15, -0.1) is 22.7 Å². The van der Waals surface area contributed by atoms with Gasteiger partial charge in [-0.05, 0) is 67.3 Å². The van der Waals surface area contributed by atoms with Crippen LogP contribution in [0.2, 0.25) is 5.02 Å². The van der Waals surface area contributed by atoms with Gasteiger partial charge in [0.1, 0.15) is 9.71 Å². The molecule has 0 aliphatic heterocycles. The SMILES string of the molecule is Cc1c(Cl)cccc1NC(=O)c1sc2nc3c(c(-c4cccs4)c2c1N)CCCC3. The van der Waals surface area contributed by atoms with Gasteiger partial charge in [0.05, 0.1) is 5.69 Å². The second-order valence-corrected chi connectivity index (χ2v) is 9.84. The molecule has 1 aliphatic carbocycles. The van der Waals surface area contributed by atoms with E-state index >= 15 is 0 Å². The fourth-order valence-electron chi connectivity index (χ4n) is 4.09. The number of pyridine rings is 1. The van der Waals surface area contributed by atoms with E-state index in [1.807, 2.05) is 25.1 Å². The molecule has 7 heteroatoms. The third-order valence-electron chi connectivity index (χ3n) is 5.64. The van der Waals surface area contributed by atoms with Crippen LogP contribution in [0, 0.1) is 6.92 Å². The number of fused-ring (bicyclic) bond motifs is 2. The first-order valence-electron chi connectivity index (χ1n) is 9.88. The van der Waals surface area contributed by atoms with Gasteiger partial charge in [-0.1, -0.05) is 23.7 Å². The first-order chi connectivity index (χ1) is 14.5. The maximum atomic E-state index is 13.1. The molecule has 3 aromatic heterocycles. The summed E-state index contributed by atoms with van der Waals surface area (Å²) in [6.07, 6.45) is 4.29. The summed E-state index contributed by atoms with van der Waals surface area (Å²) in [7, 11) is 0. The lowest BCUT2D eigenvalue weighted by molar-refractivity contribution is 0.103. The van der Waals surface area contributed by atoms with Crippen molar-refractivity contribution in [3.05, 3.63) is 62.4 Å². The number of anilines is 2. The van der Waals surface area contributed by atoms with E-state index in [1.54, 1.807) is 11.3 Å². The van der Waals surface area contributed by atoms with Gasteiger partial charge >= 0.3 is 0 Å². The Labute approximate surface area is 187 Å². The zero-order valence-corrected chi connectivity index (χ0v) is 18.8. The van der Waals surface area contributed by atoms with Crippen molar-refractivity contribution in [1.82, 2.24) is 4.98 Å². The van der Waals surface area contributed by atoms with E-state index < -0.39 is 0 Å². The highest BCUT2D eigenvalue weighted by Crippen LogP contribution is 2.45. The molecule has 0 radical (unpaired) electrons. The largest absolute Gasteiger partial charge is 0.397 e. The lowest BCUT2D eigenvalue weighted by Gasteiger charge is -2.19. The van der Waals surface area contributed by atoms with Gasteiger partial charge in [0.15, 0.2) is 0 Å². The highest BCUT2D eigenvalue weighted by atomic mass is 35.5. The Bertz CT molecular complexity index is 1280. The third-order valence-corrected chi connectivity index (χ3v) is 8.04. The Hall–Kier alpha value is -2.41. The van der Waals surface area contributed by atoms with E-state index in [4.69, 9.17) is 22.3 Å². The van der Waals surface area contributed by atoms with Crippen molar-refractivity contribution in [3.63, 3.8) is 0 Å². The standard InChI is InChI=1S/C23H20ClN3OS2/c1-12-14(24)7-4-9-15(12)26-22(28)21-20(25)19-18(17-10-5-11-29-17)13-6-2-3-8-16(13)27-23(19)30-21/h4-5,7,9-11H,2-3,6,8,25H2,1H3,(H,26,28). The molecule has 30 heavy (non-hydrogen) atoms. The fourth-order valence-corrected chi connectivity index (χ4v) is 6.09. The molecule has 0 saturated carbocycles. The number of benzene rings is 1. The van der Waals surface area contributed by atoms with Crippen molar-refractivity contribution < 1.29 is 4.79 Å². The number of thiophene rings is 2. The number of amides is 1. The molecule has 4 nitrogen and oxygen atoms in total. The monoisotopic (exact) mass is 453 g/mol. The Balaban J connectivity index is 1.66. The number of aromatic nitrogens is 1. The summed E-state index contributed by atoms with van der Waals surface area (Å²) in [5.74, 6) is -0.226. The number of hydrogen-bond acceptors (Lipinski definition) is 5. The molecule has 3 heterocycles. The summed E-state index contributed by atoms with van der Waals surface area (Å²) < 4.78 is 0. The second-order valence-electron chi connectivity index (χ2n) is 7.49. The van der Waals surface area contributed by atoms with Crippen LogP contribution in [-0.2, 0) is 12.8 Å². The number of nitrogens with zero attached hydrogens (tertiary/aromatic N) is 1. The van der Waals surface area contributed by atoms with E-state index in [0.29, 0.717) is 21.3 Å². The number of hydrogen-bond donors (Lipinski definition) is 2. The molecule has 152 valence electrons. The summed E-state index contributed by atoms with van der Waals surface area (Å²) in [6.45, 7) is 1.89. The minimum atomic E-state index is -0.226. The molecule has 0 unspecified atom stereocenters. The van der Waals surface area contributed by atoms with Crippen molar-refractivity contribution in [2.24, 2.45) is 0 Å². The average molecular weight is 454 g/mol. The summed E-state index contributed by atoms with van der Waals surface area (Å²) >= 11 is 9.28. The summed E-state index contributed by atoms with van der Waals surface area (Å²) in [4.78, 5) is 20.6. The Kier molecular flexibility index (Phi) is 5.01. The normalized spacial score (nSPS) is 13.4. The number of carbonyl (C=O) groups excluding carboxylic acids is 1. The summed E-state index contributed by atoms with van der Waals surface area (Å²) in [5.41, 5.74) is 12.2. The minimum Gasteiger partial charge on any atom is -0.397 e. The summed E-state index contributed by atoms with van der Waals surface area (Å²) in [5, 5.41) is 6.58. The van der Waals surface area contributed by atoms with Gasteiger partial charge < -0.3 is 11.1 Å². The lowest BCUT2D eigenvalue weighted by atomic mass is 9.90. The Morgan fingerprint density at radius 3 is 2.83 bits per heavy atom. The summed E-state index contributed by atoms with van der Waals surface area (Å²) in [6, 6.07) is 9.66. The smallest absolute Gasteiger partial charge is 0.267 e. The zero-order valence-electron chi connectivity index (χ0n) is 16.4. The number of carbonyl (C=O) groups is 1. The molecule has 0 atom stereocenters. The van der Waals surface area contributed by atoms with Gasteiger partial charge in [0.25, 0.3) is 5.91 Å². The molecular weight excluding hydrogens is 434 g/mol. The predicted octanol–water partition coefficient (Wildman–Crippen LogP) is 6.70. The number of rotatable bonds is 3. The quantitative estimate of drug-likeness (QED) is 0.362. The van der Waals surface area contributed by atoms with Crippen molar-refractivity contribution in [2.75, 3.05) is 11.1 Å². The number of nitrogen functional groups attached to an aromatic ring is 1. The van der Waals surface area contributed by atoms with Crippen LogP contribution in [0.4, 0.5) is 11.4 Å². The molecular formula is C23H20ClN3OS2. The molecule has 1 aromatic carbocycles. The first-order valence-corrected chi connectivity index (χ1v) is 12.0. The number of aryl methyl sites for hydroxylation is 1. The van der Waals surface area contributed by atoms with Crippen molar-refractivity contribution >= 4 is 61.8 Å². The maximum Gasteiger partial charge on any atom is 0.267 e. The van der Waals surface area contributed by atoms with Gasteiger partial charge in [-0.2, -0.15) is 0 Å². The highest BCUT2D eigenvalue weighted by Gasteiger charge is 2.26. The van der Waals surface area contributed by atoms with E-state index in [1.165, 1.54) is 21.8 Å². The Morgan fingerprint density at radius 2 is 2.03 bits per heavy atom. The van der Waals surface area contributed by atoms with Crippen molar-refractivity contribution in [2.45, 2.75) is 32.6 Å². The van der Waals surface area contributed by atoms with Crippen LogP contribution < -0.4 is 11.1 Å². The van der Waals surface area contributed by atoms with Gasteiger partial charge in [0, 0.05) is 32.2 Å². The third kappa shape index (κ3) is 3.20. The van der Waals surface area contributed by atoms with E-state index in [2.05, 4.69) is 22.8 Å². The van der Waals surface area contributed by atoms with E-state index in [-0.39, 0.29) is 5.91 Å². The number of nitrogens with one attached hydrogen (secondary N) is 1. The average Bonchev–Trinajstić information content (AvgIpc) is 3.38. The van der Waals surface area contributed by atoms with Crippen LogP contribution in [-0.4, -0.2) is 10.9 Å². The van der Waals surface area contributed by atoms with Crippen LogP contribution in [0.15, 0.2) is 35.7 Å². The number of halogens is 1. The molecule has 1 aliphatic rings. The van der Waals surface area contributed by atoms with Gasteiger partial charge in [-0.25, -0.2) is 4.98 Å². The number of nitrogens with two attached hydrogens (primary N) is 1. The molecule has 3 N–H and O–H groups in total. The molecule has 0 bridgehead atoms.